The molecule has 0 bridgehead atoms. The van der Waals surface area contributed by atoms with Gasteiger partial charge in [0.15, 0.2) is 4.90 Å². The summed E-state index contributed by atoms with van der Waals surface area (Å²) in [5.74, 6) is 1.00. The first-order valence-corrected chi connectivity index (χ1v) is 10.6. The minimum Gasteiger partial charge on any atom is -0.497 e. The molecule has 1 N–H and O–H groups in total. The molecule has 0 radical (unpaired) electrons. The molecular formula is C19H23N3O6S. The van der Waals surface area contributed by atoms with Crippen molar-refractivity contribution in [1.29, 1.82) is 0 Å². The largest absolute Gasteiger partial charge is 0.497 e. The van der Waals surface area contributed by atoms with E-state index < -0.39 is 20.6 Å². The molecule has 9 nitrogen and oxygen atoms in total. The summed E-state index contributed by atoms with van der Waals surface area (Å²) < 4.78 is 38.3. The molecule has 1 aliphatic rings. The van der Waals surface area contributed by atoms with Crippen molar-refractivity contribution in [3.63, 3.8) is 0 Å². The molecule has 156 valence electrons. The monoisotopic (exact) mass is 421 g/mol. The van der Waals surface area contributed by atoms with Gasteiger partial charge in [-0.15, -0.1) is 0 Å². The molecule has 0 spiro atoms. The Bertz CT molecular complexity index is 970. The molecule has 0 aromatic heterocycles. The summed E-state index contributed by atoms with van der Waals surface area (Å²) >= 11 is 0. The highest BCUT2D eigenvalue weighted by atomic mass is 32.2. The Balaban J connectivity index is 1.68. The SMILES string of the molecule is COc1ccc(N2CCC(NS(=O)(=O)c3ccc(OC)cc3[N+](=O)[O-])CC2)cc1. The predicted octanol–water partition coefficient (Wildman–Crippen LogP) is 2.56. The number of nitro benzene ring substituents is 1. The Labute approximate surface area is 169 Å². The van der Waals surface area contributed by atoms with Gasteiger partial charge in [-0.25, -0.2) is 13.1 Å². The number of hydrogen-bond acceptors (Lipinski definition) is 7. The third-order valence-electron chi connectivity index (χ3n) is 4.91. The lowest BCUT2D eigenvalue weighted by Gasteiger charge is -2.33. The van der Waals surface area contributed by atoms with Crippen molar-refractivity contribution >= 4 is 21.4 Å². The maximum absolute atomic E-state index is 12.8. The molecule has 1 fully saturated rings. The Morgan fingerprint density at radius 1 is 1.03 bits per heavy atom. The van der Waals surface area contributed by atoms with Crippen LogP contribution in [-0.2, 0) is 10.0 Å². The maximum atomic E-state index is 12.8. The summed E-state index contributed by atoms with van der Waals surface area (Å²) in [6.07, 6.45) is 1.18. The molecule has 10 heteroatoms. The lowest BCUT2D eigenvalue weighted by Crippen LogP contribution is -2.44. The fourth-order valence-electron chi connectivity index (χ4n) is 3.33. The van der Waals surface area contributed by atoms with E-state index in [-0.39, 0.29) is 16.7 Å². The van der Waals surface area contributed by atoms with Crippen molar-refractivity contribution in [2.24, 2.45) is 0 Å². The van der Waals surface area contributed by atoms with Gasteiger partial charge in [-0.1, -0.05) is 0 Å². The molecule has 1 heterocycles. The molecule has 1 aliphatic heterocycles. The van der Waals surface area contributed by atoms with Gasteiger partial charge in [0.05, 0.1) is 25.2 Å². The second-order valence-corrected chi connectivity index (χ2v) is 8.35. The number of anilines is 1. The molecule has 0 amide bonds. The van der Waals surface area contributed by atoms with E-state index in [1.54, 1.807) is 7.11 Å². The topological polar surface area (TPSA) is 111 Å². The van der Waals surface area contributed by atoms with Crippen LogP contribution in [0.2, 0.25) is 0 Å². The smallest absolute Gasteiger partial charge is 0.293 e. The van der Waals surface area contributed by atoms with E-state index in [0.717, 1.165) is 17.5 Å². The highest BCUT2D eigenvalue weighted by molar-refractivity contribution is 7.89. The molecular weight excluding hydrogens is 398 g/mol. The van der Waals surface area contributed by atoms with Gasteiger partial charge < -0.3 is 14.4 Å². The van der Waals surface area contributed by atoms with Crippen molar-refractivity contribution in [2.45, 2.75) is 23.8 Å². The molecule has 2 aromatic carbocycles. The van der Waals surface area contributed by atoms with Crippen molar-refractivity contribution in [1.82, 2.24) is 4.72 Å². The van der Waals surface area contributed by atoms with E-state index in [9.17, 15) is 18.5 Å². The van der Waals surface area contributed by atoms with Crippen molar-refractivity contribution < 1.29 is 22.8 Å². The van der Waals surface area contributed by atoms with Crippen LogP contribution in [0.25, 0.3) is 0 Å². The number of rotatable bonds is 7. The van der Waals surface area contributed by atoms with Crippen LogP contribution in [0.3, 0.4) is 0 Å². The zero-order valence-corrected chi connectivity index (χ0v) is 17.0. The van der Waals surface area contributed by atoms with E-state index in [1.165, 1.54) is 19.2 Å². The minimum atomic E-state index is -4.03. The summed E-state index contributed by atoms with van der Waals surface area (Å²) in [7, 11) is -1.06. The van der Waals surface area contributed by atoms with Crippen LogP contribution in [0.5, 0.6) is 11.5 Å². The number of methoxy groups -OCH3 is 2. The fraction of sp³-hybridized carbons (Fsp3) is 0.368. The number of piperidine rings is 1. The van der Waals surface area contributed by atoms with Gasteiger partial charge in [0.2, 0.25) is 10.0 Å². The quantitative estimate of drug-likeness (QED) is 0.540. The number of nitro groups is 1. The Kier molecular flexibility index (Phi) is 6.23. The third-order valence-corrected chi connectivity index (χ3v) is 6.47. The van der Waals surface area contributed by atoms with Crippen LogP contribution in [0, 0.1) is 10.1 Å². The molecule has 0 atom stereocenters. The van der Waals surface area contributed by atoms with Crippen LogP contribution in [0.4, 0.5) is 11.4 Å². The number of hydrogen-bond donors (Lipinski definition) is 1. The van der Waals surface area contributed by atoms with Crippen LogP contribution in [-0.4, -0.2) is 46.7 Å². The number of nitrogens with zero attached hydrogens (tertiary/aromatic N) is 2. The van der Waals surface area contributed by atoms with E-state index in [4.69, 9.17) is 9.47 Å². The van der Waals surface area contributed by atoms with Crippen LogP contribution in [0.15, 0.2) is 47.4 Å². The fourth-order valence-corrected chi connectivity index (χ4v) is 4.78. The lowest BCUT2D eigenvalue weighted by atomic mass is 10.1. The Morgan fingerprint density at radius 3 is 2.17 bits per heavy atom. The van der Waals surface area contributed by atoms with Gasteiger partial charge in [-0.05, 0) is 49.2 Å². The Hall–Kier alpha value is -2.85. The maximum Gasteiger partial charge on any atom is 0.293 e. The third kappa shape index (κ3) is 4.77. The summed E-state index contributed by atoms with van der Waals surface area (Å²) in [5, 5.41) is 11.3. The zero-order chi connectivity index (χ0) is 21.0. The lowest BCUT2D eigenvalue weighted by molar-refractivity contribution is -0.387. The average Bonchev–Trinajstić information content (AvgIpc) is 2.73. The molecule has 29 heavy (non-hydrogen) atoms. The zero-order valence-electron chi connectivity index (χ0n) is 16.2. The first-order chi connectivity index (χ1) is 13.8. The molecule has 0 unspecified atom stereocenters. The number of sulfonamides is 1. The van der Waals surface area contributed by atoms with Gasteiger partial charge in [-0.3, -0.25) is 10.1 Å². The second-order valence-electron chi connectivity index (χ2n) is 6.67. The van der Waals surface area contributed by atoms with Gasteiger partial charge in [-0.2, -0.15) is 0 Å². The normalized spacial score (nSPS) is 15.2. The molecule has 3 rings (SSSR count). The van der Waals surface area contributed by atoms with E-state index in [2.05, 4.69) is 9.62 Å². The molecule has 0 aliphatic carbocycles. The number of ether oxygens (including phenoxy) is 2. The van der Waals surface area contributed by atoms with Crippen molar-refractivity contribution in [3.8, 4) is 11.5 Å². The predicted molar refractivity (Wildman–Crippen MR) is 108 cm³/mol. The van der Waals surface area contributed by atoms with Crippen LogP contribution < -0.4 is 19.1 Å². The van der Waals surface area contributed by atoms with Crippen molar-refractivity contribution in [2.75, 3.05) is 32.2 Å². The van der Waals surface area contributed by atoms with Gasteiger partial charge in [0, 0.05) is 24.8 Å². The van der Waals surface area contributed by atoms with E-state index in [0.29, 0.717) is 25.9 Å². The number of benzene rings is 2. The average molecular weight is 421 g/mol. The summed E-state index contributed by atoms with van der Waals surface area (Å²) in [6, 6.07) is 11.1. The minimum absolute atomic E-state index is 0.225. The first-order valence-electron chi connectivity index (χ1n) is 9.08. The summed E-state index contributed by atoms with van der Waals surface area (Å²) in [4.78, 5) is 12.4. The number of nitrogens with one attached hydrogen (secondary N) is 1. The molecule has 2 aromatic rings. The van der Waals surface area contributed by atoms with Gasteiger partial charge >= 0.3 is 0 Å². The van der Waals surface area contributed by atoms with Crippen LogP contribution in [0.1, 0.15) is 12.8 Å². The van der Waals surface area contributed by atoms with Gasteiger partial charge in [0.25, 0.3) is 5.69 Å². The molecule has 1 saturated heterocycles. The van der Waals surface area contributed by atoms with Crippen LogP contribution >= 0.6 is 0 Å². The summed E-state index contributed by atoms with van der Waals surface area (Å²) in [5.41, 5.74) is 0.533. The van der Waals surface area contributed by atoms with Crippen molar-refractivity contribution in [3.05, 3.63) is 52.6 Å². The molecule has 0 saturated carbocycles. The van der Waals surface area contributed by atoms with Gasteiger partial charge in [0.1, 0.15) is 11.5 Å². The van der Waals surface area contributed by atoms with E-state index >= 15 is 0 Å². The first kappa shape index (κ1) is 20.9. The van der Waals surface area contributed by atoms with E-state index in [1.807, 2.05) is 24.3 Å². The second kappa shape index (κ2) is 8.66. The summed E-state index contributed by atoms with van der Waals surface area (Å²) in [6.45, 7) is 1.34. The highest BCUT2D eigenvalue weighted by Gasteiger charge is 2.30. The Morgan fingerprint density at radius 2 is 1.62 bits per heavy atom. The standard InChI is InChI=1S/C19H23N3O6S/c1-27-16-5-3-15(4-6-16)21-11-9-14(10-12-21)20-29(25,26)19-8-7-17(28-2)13-18(19)22(23)24/h3-8,13-14,20H,9-12H2,1-2H3. The highest BCUT2D eigenvalue weighted by Crippen LogP contribution is 2.29.